The van der Waals surface area contributed by atoms with Crippen molar-refractivity contribution in [2.24, 2.45) is 0 Å². The van der Waals surface area contributed by atoms with Gasteiger partial charge in [-0.2, -0.15) is 11.8 Å². The molecule has 0 bridgehead atoms. The maximum atomic E-state index is 11.9. The Hall–Kier alpha value is -1.23. The maximum Gasteiger partial charge on any atom is 0.270 e. The van der Waals surface area contributed by atoms with Gasteiger partial charge in [-0.15, -0.1) is 0 Å². The van der Waals surface area contributed by atoms with Crippen molar-refractivity contribution in [2.45, 2.75) is 19.9 Å². The normalized spacial score (nSPS) is 11.9. The van der Waals surface area contributed by atoms with Crippen molar-refractivity contribution in [2.75, 3.05) is 23.9 Å². The first-order valence-corrected chi connectivity index (χ1v) is 6.86. The van der Waals surface area contributed by atoms with Crippen molar-refractivity contribution in [1.82, 2.24) is 10.3 Å². The van der Waals surface area contributed by atoms with Crippen LogP contribution in [0.3, 0.4) is 0 Å². The summed E-state index contributed by atoms with van der Waals surface area (Å²) in [6.45, 7) is 4.11. The summed E-state index contributed by atoms with van der Waals surface area (Å²) in [7, 11) is 1.78. The van der Waals surface area contributed by atoms with Gasteiger partial charge in [0.1, 0.15) is 11.5 Å². The Bertz CT molecular complexity index is 371. The summed E-state index contributed by atoms with van der Waals surface area (Å²) in [4.78, 5) is 16.1. The van der Waals surface area contributed by atoms with Gasteiger partial charge in [-0.1, -0.05) is 13.0 Å². The number of pyridine rings is 1. The molecular weight excluding hydrogens is 234 g/mol. The van der Waals surface area contributed by atoms with Crippen molar-refractivity contribution in [1.29, 1.82) is 0 Å². The standard InChI is InChI=1S/C12H19N3OS/c1-4-17-8-9(2)14-12(16)10-6-5-7-11(13-3)15-10/h5-7,9H,4,8H2,1-3H3,(H,13,15)(H,14,16). The average Bonchev–Trinajstić information content (AvgIpc) is 2.36. The molecular formula is C12H19N3OS. The van der Waals surface area contributed by atoms with Crippen molar-refractivity contribution in [3.8, 4) is 0 Å². The van der Waals surface area contributed by atoms with Gasteiger partial charge in [-0.3, -0.25) is 4.79 Å². The largest absolute Gasteiger partial charge is 0.373 e. The number of aromatic nitrogens is 1. The molecule has 5 heteroatoms. The van der Waals surface area contributed by atoms with Crippen molar-refractivity contribution in [3.63, 3.8) is 0 Å². The quantitative estimate of drug-likeness (QED) is 0.814. The third-order valence-corrected chi connectivity index (χ3v) is 3.33. The molecule has 0 saturated carbocycles. The maximum absolute atomic E-state index is 11.9. The predicted molar refractivity (Wildman–Crippen MR) is 73.7 cm³/mol. The summed E-state index contributed by atoms with van der Waals surface area (Å²) in [6, 6.07) is 5.52. The molecule has 1 aromatic rings. The fourth-order valence-corrected chi connectivity index (χ4v) is 2.01. The molecule has 4 nitrogen and oxygen atoms in total. The number of thioether (sulfide) groups is 1. The summed E-state index contributed by atoms with van der Waals surface area (Å²) >= 11 is 1.81. The van der Waals surface area contributed by atoms with Crippen LogP contribution in [0.2, 0.25) is 0 Å². The van der Waals surface area contributed by atoms with Gasteiger partial charge in [0.15, 0.2) is 0 Å². The highest BCUT2D eigenvalue weighted by Gasteiger charge is 2.10. The molecule has 0 aliphatic heterocycles. The minimum absolute atomic E-state index is 0.119. The van der Waals surface area contributed by atoms with E-state index in [1.807, 2.05) is 30.8 Å². The fourth-order valence-electron chi connectivity index (χ4n) is 1.33. The molecule has 1 heterocycles. The first-order valence-electron chi connectivity index (χ1n) is 5.70. The number of carbonyl (C=O) groups is 1. The lowest BCUT2D eigenvalue weighted by Crippen LogP contribution is -2.34. The molecule has 1 amide bonds. The molecule has 17 heavy (non-hydrogen) atoms. The van der Waals surface area contributed by atoms with Crippen molar-refractivity contribution in [3.05, 3.63) is 23.9 Å². The molecule has 2 N–H and O–H groups in total. The second-order valence-corrected chi connectivity index (χ2v) is 5.01. The Morgan fingerprint density at radius 3 is 2.94 bits per heavy atom. The Morgan fingerprint density at radius 1 is 1.53 bits per heavy atom. The molecule has 1 aromatic heterocycles. The lowest BCUT2D eigenvalue weighted by Gasteiger charge is -2.12. The SMILES string of the molecule is CCSCC(C)NC(=O)c1cccc(NC)n1. The predicted octanol–water partition coefficient (Wildman–Crippen LogP) is 1.99. The van der Waals surface area contributed by atoms with Crippen LogP contribution in [0.4, 0.5) is 5.82 Å². The molecule has 0 radical (unpaired) electrons. The van der Waals surface area contributed by atoms with E-state index in [0.29, 0.717) is 11.5 Å². The number of rotatable bonds is 6. The molecule has 94 valence electrons. The van der Waals surface area contributed by atoms with Crippen LogP contribution >= 0.6 is 11.8 Å². The lowest BCUT2D eigenvalue weighted by atomic mass is 10.3. The van der Waals surface area contributed by atoms with Crippen LogP contribution in [0.25, 0.3) is 0 Å². The highest BCUT2D eigenvalue weighted by molar-refractivity contribution is 7.99. The number of anilines is 1. The zero-order valence-corrected chi connectivity index (χ0v) is 11.3. The summed E-state index contributed by atoms with van der Waals surface area (Å²) in [5, 5.41) is 5.85. The van der Waals surface area contributed by atoms with Crippen LogP contribution in [-0.2, 0) is 0 Å². The molecule has 0 aliphatic carbocycles. The minimum atomic E-state index is -0.119. The van der Waals surface area contributed by atoms with Gasteiger partial charge in [0.05, 0.1) is 0 Å². The molecule has 1 unspecified atom stereocenters. The summed E-state index contributed by atoms with van der Waals surface area (Å²) in [5.74, 6) is 2.57. The smallest absolute Gasteiger partial charge is 0.270 e. The van der Waals surface area contributed by atoms with E-state index in [4.69, 9.17) is 0 Å². The van der Waals surface area contributed by atoms with Crippen molar-refractivity contribution < 1.29 is 4.79 Å². The van der Waals surface area contributed by atoms with Gasteiger partial charge in [-0.05, 0) is 24.8 Å². The number of hydrogen-bond donors (Lipinski definition) is 2. The van der Waals surface area contributed by atoms with E-state index in [2.05, 4.69) is 22.5 Å². The van der Waals surface area contributed by atoms with Crippen LogP contribution in [0, 0.1) is 0 Å². The third kappa shape index (κ3) is 4.65. The summed E-state index contributed by atoms with van der Waals surface area (Å²) in [6.07, 6.45) is 0. The molecule has 1 rings (SSSR count). The lowest BCUT2D eigenvalue weighted by molar-refractivity contribution is 0.0939. The Labute approximate surface area is 107 Å². The number of nitrogens with one attached hydrogen (secondary N) is 2. The van der Waals surface area contributed by atoms with Crippen LogP contribution < -0.4 is 10.6 Å². The minimum Gasteiger partial charge on any atom is -0.373 e. The summed E-state index contributed by atoms with van der Waals surface area (Å²) in [5.41, 5.74) is 0.449. The van der Waals surface area contributed by atoms with Crippen LogP contribution in [0.15, 0.2) is 18.2 Å². The molecule has 0 spiro atoms. The van der Waals surface area contributed by atoms with E-state index in [-0.39, 0.29) is 11.9 Å². The molecule has 0 fully saturated rings. The van der Waals surface area contributed by atoms with Gasteiger partial charge < -0.3 is 10.6 Å². The molecule has 0 saturated heterocycles. The number of carbonyl (C=O) groups excluding carboxylic acids is 1. The topological polar surface area (TPSA) is 54.0 Å². The highest BCUT2D eigenvalue weighted by Crippen LogP contribution is 2.05. The zero-order chi connectivity index (χ0) is 12.7. The Morgan fingerprint density at radius 2 is 2.29 bits per heavy atom. The van der Waals surface area contributed by atoms with Gasteiger partial charge >= 0.3 is 0 Å². The number of amides is 1. The van der Waals surface area contributed by atoms with E-state index in [1.165, 1.54) is 0 Å². The Balaban J connectivity index is 2.56. The fraction of sp³-hybridized carbons (Fsp3) is 0.500. The number of hydrogen-bond acceptors (Lipinski definition) is 4. The van der Waals surface area contributed by atoms with Gasteiger partial charge in [0, 0.05) is 18.8 Å². The first-order chi connectivity index (χ1) is 8.17. The van der Waals surface area contributed by atoms with Crippen LogP contribution in [0.5, 0.6) is 0 Å². The van der Waals surface area contributed by atoms with Gasteiger partial charge in [0.25, 0.3) is 5.91 Å². The second-order valence-electron chi connectivity index (χ2n) is 3.69. The van der Waals surface area contributed by atoms with E-state index in [9.17, 15) is 4.79 Å². The highest BCUT2D eigenvalue weighted by atomic mass is 32.2. The van der Waals surface area contributed by atoms with Crippen LogP contribution in [0.1, 0.15) is 24.3 Å². The molecule has 1 atom stereocenters. The van der Waals surface area contributed by atoms with E-state index in [0.717, 1.165) is 11.5 Å². The zero-order valence-electron chi connectivity index (χ0n) is 10.5. The van der Waals surface area contributed by atoms with Crippen LogP contribution in [-0.4, -0.2) is 35.5 Å². The average molecular weight is 253 g/mol. The third-order valence-electron chi connectivity index (χ3n) is 2.19. The first kappa shape index (κ1) is 13.8. The second kappa shape index (κ2) is 7.17. The molecule has 0 aliphatic rings. The summed E-state index contributed by atoms with van der Waals surface area (Å²) < 4.78 is 0. The van der Waals surface area contributed by atoms with Gasteiger partial charge in [0.2, 0.25) is 0 Å². The van der Waals surface area contributed by atoms with E-state index >= 15 is 0 Å². The van der Waals surface area contributed by atoms with Gasteiger partial charge in [-0.25, -0.2) is 4.98 Å². The van der Waals surface area contributed by atoms with Crippen molar-refractivity contribution >= 4 is 23.5 Å². The van der Waals surface area contributed by atoms with E-state index < -0.39 is 0 Å². The Kier molecular flexibility index (Phi) is 5.83. The van der Waals surface area contributed by atoms with E-state index in [1.54, 1.807) is 13.1 Å². The molecule has 0 aromatic carbocycles. The number of nitrogens with zero attached hydrogens (tertiary/aromatic N) is 1. The monoisotopic (exact) mass is 253 g/mol.